The van der Waals surface area contributed by atoms with Gasteiger partial charge in [0.15, 0.2) is 0 Å². The van der Waals surface area contributed by atoms with Crippen LogP contribution in [0.3, 0.4) is 0 Å². The van der Waals surface area contributed by atoms with Crippen molar-refractivity contribution < 1.29 is 4.79 Å². The van der Waals surface area contributed by atoms with Crippen molar-refractivity contribution in [2.24, 2.45) is 11.8 Å². The summed E-state index contributed by atoms with van der Waals surface area (Å²) in [6.07, 6.45) is 3.01. The Labute approximate surface area is 122 Å². The van der Waals surface area contributed by atoms with Gasteiger partial charge in [-0.3, -0.25) is 4.79 Å². The second kappa shape index (κ2) is 6.89. The van der Waals surface area contributed by atoms with Crippen molar-refractivity contribution in [3.63, 3.8) is 0 Å². The molecule has 1 aliphatic rings. The second-order valence-electron chi connectivity index (χ2n) is 6.08. The van der Waals surface area contributed by atoms with Gasteiger partial charge in [0.1, 0.15) is 0 Å². The maximum absolute atomic E-state index is 12.2. The van der Waals surface area contributed by atoms with Crippen LogP contribution >= 0.6 is 0 Å². The summed E-state index contributed by atoms with van der Waals surface area (Å²) < 4.78 is 0. The van der Waals surface area contributed by atoms with E-state index in [0.717, 1.165) is 29.9 Å². The minimum Gasteiger partial charge on any atom is -0.326 e. The zero-order chi connectivity index (χ0) is 14.5. The first-order chi connectivity index (χ1) is 9.58. The summed E-state index contributed by atoms with van der Waals surface area (Å²) in [6.45, 7) is 8.47. The van der Waals surface area contributed by atoms with E-state index >= 15 is 0 Å². The molecule has 3 heteroatoms. The van der Waals surface area contributed by atoms with Gasteiger partial charge in [-0.25, -0.2) is 0 Å². The summed E-state index contributed by atoms with van der Waals surface area (Å²) in [4.78, 5) is 12.2. The minimum atomic E-state index is 0.147. The van der Waals surface area contributed by atoms with Gasteiger partial charge in [-0.05, 0) is 62.7 Å². The molecule has 1 amide bonds. The van der Waals surface area contributed by atoms with E-state index in [9.17, 15) is 4.79 Å². The van der Waals surface area contributed by atoms with Crippen LogP contribution in [-0.4, -0.2) is 19.0 Å². The van der Waals surface area contributed by atoms with Crippen molar-refractivity contribution in [3.05, 3.63) is 29.3 Å². The van der Waals surface area contributed by atoms with Crippen LogP contribution in [0.1, 0.15) is 37.3 Å². The Bertz CT molecular complexity index is 444. The van der Waals surface area contributed by atoms with Crippen LogP contribution in [-0.2, 0) is 4.79 Å². The van der Waals surface area contributed by atoms with Crippen LogP contribution in [0, 0.1) is 25.7 Å². The third-order valence-corrected chi connectivity index (χ3v) is 4.44. The van der Waals surface area contributed by atoms with E-state index < -0.39 is 0 Å². The maximum Gasteiger partial charge on any atom is 0.224 e. The lowest BCUT2D eigenvalue weighted by molar-refractivity contribution is -0.117. The fourth-order valence-corrected chi connectivity index (χ4v) is 3.07. The smallest absolute Gasteiger partial charge is 0.224 e. The Morgan fingerprint density at radius 2 is 1.90 bits per heavy atom. The third kappa shape index (κ3) is 3.83. The van der Waals surface area contributed by atoms with Crippen LogP contribution in [0.5, 0.6) is 0 Å². The van der Waals surface area contributed by atoms with E-state index in [1.807, 2.05) is 32.0 Å². The number of amides is 1. The van der Waals surface area contributed by atoms with Crippen LogP contribution in [0.15, 0.2) is 18.2 Å². The Hall–Kier alpha value is -1.35. The highest BCUT2D eigenvalue weighted by molar-refractivity contribution is 5.92. The number of anilines is 1. The van der Waals surface area contributed by atoms with Gasteiger partial charge in [0.05, 0.1) is 0 Å². The molecule has 1 aliphatic heterocycles. The van der Waals surface area contributed by atoms with Crippen molar-refractivity contribution in [2.45, 2.75) is 40.0 Å². The maximum atomic E-state index is 12.2. The van der Waals surface area contributed by atoms with Gasteiger partial charge >= 0.3 is 0 Å². The van der Waals surface area contributed by atoms with Crippen LogP contribution < -0.4 is 10.6 Å². The molecule has 0 saturated carbocycles. The lowest BCUT2D eigenvalue weighted by Gasteiger charge is -2.28. The number of benzene rings is 1. The van der Waals surface area contributed by atoms with Gasteiger partial charge < -0.3 is 10.6 Å². The minimum absolute atomic E-state index is 0.147. The fourth-order valence-electron chi connectivity index (χ4n) is 3.07. The van der Waals surface area contributed by atoms with Crippen molar-refractivity contribution in [2.75, 3.05) is 18.4 Å². The fraction of sp³-hybridized carbons (Fsp3) is 0.588. The molecule has 1 unspecified atom stereocenters. The highest BCUT2D eigenvalue weighted by Crippen LogP contribution is 2.25. The molecule has 1 saturated heterocycles. The standard InChI is InChI=1S/C17H26N2O/c1-12-5-4-6-13(2)17(12)19-16(20)11-14(3)15-7-9-18-10-8-15/h4-6,14-15,18H,7-11H2,1-3H3,(H,19,20). The zero-order valence-electron chi connectivity index (χ0n) is 12.8. The average Bonchev–Trinajstić information content (AvgIpc) is 2.44. The van der Waals surface area contributed by atoms with Gasteiger partial charge in [-0.2, -0.15) is 0 Å². The Kier molecular flexibility index (Phi) is 5.18. The number of hydrogen-bond donors (Lipinski definition) is 2. The topological polar surface area (TPSA) is 41.1 Å². The quantitative estimate of drug-likeness (QED) is 0.884. The molecule has 2 N–H and O–H groups in total. The van der Waals surface area contributed by atoms with Gasteiger partial charge in [0.25, 0.3) is 0 Å². The third-order valence-electron chi connectivity index (χ3n) is 4.44. The van der Waals surface area contributed by atoms with Crippen molar-refractivity contribution in [1.29, 1.82) is 0 Å². The number of piperidine rings is 1. The Balaban J connectivity index is 1.91. The van der Waals surface area contributed by atoms with Crippen molar-refractivity contribution in [3.8, 4) is 0 Å². The molecule has 20 heavy (non-hydrogen) atoms. The molecular weight excluding hydrogens is 248 g/mol. The molecule has 1 atom stereocenters. The van der Waals surface area contributed by atoms with Gasteiger partial charge in [0.2, 0.25) is 5.91 Å². The summed E-state index contributed by atoms with van der Waals surface area (Å²) in [5.74, 6) is 1.29. The molecule has 0 bridgehead atoms. The molecule has 0 radical (unpaired) electrons. The molecule has 1 aromatic rings. The summed E-state index contributed by atoms with van der Waals surface area (Å²) in [5.41, 5.74) is 3.25. The van der Waals surface area contributed by atoms with E-state index in [2.05, 4.69) is 17.6 Å². The van der Waals surface area contributed by atoms with Crippen LogP contribution in [0.25, 0.3) is 0 Å². The number of hydrogen-bond acceptors (Lipinski definition) is 2. The lowest BCUT2D eigenvalue weighted by atomic mass is 9.84. The summed E-state index contributed by atoms with van der Waals surface area (Å²) in [7, 11) is 0. The summed E-state index contributed by atoms with van der Waals surface area (Å²) in [5, 5.41) is 6.47. The molecule has 3 nitrogen and oxygen atoms in total. The monoisotopic (exact) mass is 274 g/mol. The van der Waals surface area contributed by atoms with E-state index in [-0.39, 0.29) is 5.91 Å². The molecule has 0 spiro atoms. The first kappa shape index (κ1) is 15.0. The average molecular weight is 274 g/mol. The van der Waals surface area contributed by atoms with E-state index in [4.69, 9.17) is 0 Å². The van der Waals surface area contributed by atoms with Gasteiger partial charge in [0, 0.05) is 12.1 Å². The number of carbonyl (C=O) groups excluding carboxylic acids is 1. The normalized spacial score (nSPS) is 17.8. The van der Waals surface area contributed by atoms with E-state index in [1.54, 1.807) is 0 Å². The summed E-state index contributed by atoms with van der Waals surface area (Å²) in [6, 6.07) is 6.11. The molecule has 0 aliphatic carbocycles. The van der Waals surface area contributed by atoms with Gasteiger partial charge in [-0.1, -0.05) is 25.1 Å². The molecule has 2 rings (SSSR count). The largest absolute Gasteiger partial charge is 0.326 e. The number of nitrogens with one attached hydrogen (secondary N) is 2. The zero-order valence-corrected chi connectivity index (χ0v) is 12.8. The SMILES string of the molecule is Cc1cccc(C)c1NC(=O)CC(C)C1CCNCC1. The second-order valence-corrected chi connectivity index (χ2v) is 6.08. The van der Waals surface area contributed by atoms with E-state index in [1.165, 1.54) is 12.8 Å². The van der Waals surface area contributed by atoms with Crippen molar-refractivity contribution in [1.82, 2.24) is 5.32 Å². The van der Waals surface area contributed by atoms with Crippen LogP contribution in [0.4, 0.5) is 5.69 Å². The Morgan fingerprint density at radius 1 is 1.30 bits per heavy atom. The molecule has 110 valence electrons. The lowest BCUT2D eigenvalue weighted by Crippen LogP contribution is -2.32. The molecule has 1 fully saturated rings. The van der Waals surface area contributed by atoms with Crippen molar-refractivity contribution >= 4 is 11.6 Å². The molecular formula is C17H26N2O. The predicted octanol–water partition coefficient (Wildman–Crippen LogP) is 3.27. The molecule has 1 heterocycles. The molecule has 1 aromatic carbocycles. The number of para-hydroxylation sites is 1. The van der Waals surface area contributed by atoms with Gasteiger partial charge in [-0.15, -0.1) is 0 Å². The highest BCUT2D eigenvalue weighted by Gasteiger charge is 2.22. The first-order valence-corrected chi connectivity index (χ1v) is 7.64. The predicted molar refractivity (Wildman–Crippen MR) is 83.9 cm³/mol. The first-order valence-electron chi connectivity index (χ1n) is 7.64. The molecule has 0 aromatic heterocycles. The Morgan fingerprint density at radius 3 is 2.50 bits per heavy atom. The number of aryl methyl sites for hydroxylation is 2. The summed E-state index contributed by atoms with van der Waals surface area (Å²) >= 11 is 0. The van der Waals surface area contributed by atoms with E-state index in [0.29, 0.717) is 18.3 Å². The number of rotatable bonds is 4. The van der Waals surface area contributed by atoms with Crippen LogP contribution in [0.2, 0.25) is 0 Å². The number of carbonyl (C=O) groups is 1. The highest BCUT2D eigenvalue weighted by atomic mass is 16.1.